The maximum atomic E-state index is 10.9. The quantitative estimate of drug-likeness (QED) is 0.428. The van der Waals surface area contributed by atoms with E-state index in [2.05, 4.69) is 15.6 Å². The van der Waals surface area contributed by atoms with Crippen LogP contribution in [-0.4, -0.2) is 39.2 Å². The van der Waals surface area contributed by atoms with Gasteiger partial charge in [-0.3, -0.25) is 14.3 Å². The van der Waals surface area contributed by atoms with Crippen molar-refractivity contribution in [2.24, 2.45) is 0 Å². The SMILES string of the molecule is CCNc1ccc([N+](=O)[O-])c(NCCCS(C)=O)n1. The molecule has 0 aromatic carbocycles. The van der Waals surface area contributed by atoms with Crippen molar-refractivity contribution in [1.82, 2.24) is 4.98 Å². The molecule has 0 fully saturated rings. The van der Waals surface area contributed by atoms with Crippen LogP contribution in [0.3, 0.4) is 0 Å². The first-order chi connectivity index (χ1) is 9.04. The molecule has 0 spiro atoms. The molecule has 0 saturated carbocycles. The van der Waals surface area contributed by atoms with E-state index in [9.17, 15) is 14.3 Å². The highest BCUT2D eigenvalue weighted by Gasteiger charge is 2.15. The molecule has 0 aliphatic heterocycles. The molecule has 1 heterocycles. The van der Waals surface area contributed by atoms with E-state index in [1.165, 1.54) is 6.07 Å². The van der Waals surface area contributed by atoms with E-state index in [0.717, 1.165) is 0 Å². The third kappa shape index (κ3) is 5.21. The predicted octanol–water partition coefficient (Wildman–Crippen LogP) is 1.60. The molecule has 2 N–H and O–H groups in total. The number of aromatic nitrogens is 1. The fourth-order valence-corrected chi connectivity index (χ4v) is 2.04. The predicted molar refractivity (Wildman–Crippen MR) is 77.1 cm³/mol. The molecule has 1 aromatic heterocycles. The highest BCUT2D eigenvalue weighted by Crippen LogP contribution is 2.23. The monoisotopic (exact) mass is 286 g/mol. The van der Waals surface area contributed by atoms with Gasteiger partial charge in [0.25, 0.3) is 0 Å². The number of hydrogen-bond donors (Lipinski definition) is 2. The lowest BCUT2D eigenvalue weighted by Crippen LogP contribution is -2.10. The Hall–Kier alpha value is -1.70. The summed E-state index contributed by atoms with van der Waals surface area (Å²) in [6, 6.07) is 3.00. The van der Waals surface area contributed by atoms with Crippen molar-refractivity contribution in [1.29, 1.82) is 0 Å². The van der Waals surface area contributed by atoms with Gasteiger partial charge in [0, 0.05) is 42.0 Å². The second kappa shape index (κ2) is 7.67. The number of rotatable bonds is 8. The zero-order chi connectivity index (χ0) is 14.3. The molecule has 106 valence electrons. The number of hydrogen-bond acceptors (Lipinski definition) is 6. The molecular weight excluding hydrogens is 268 g/mol. The number of nitro groups is 1. The molecular formula is C11H18N4O3S. The largest absolute Gasteiger partial charge is 0.370 e. The van der Waals surface area contributed by atoms with E-state index in [0.29, 0.717) is 31.1 Å². The van der Waals surface area contributed by atoms with Crippen LogP contribution < -0.4 is 10.6 Å². The Balaban J connectivity index is 2.73. The first-order valence-corrected chi connectivity index (χ1v) is 7.70. The van der Waals surface area contributed by atoms with E-state index in [1.807, 2.05) is 6.92 Å². The van der Waals surface area contributed by atoms with E-state index < -0.39 is 15.7 Å². The van der Waals surface area contributed by atoms with Gasteiger partial charge in [-0.05, 0) is 19.4 Å². The number of pyridine rings is 1. The molecule has 1 rings (SSSR count). The fraction of sp³-hybridized carbons (Fsp3) is 0.545. The lowest BCUT2D eigenvalue weighted by Gasteiger charge is -2.08. The van der Waals surface area contributed by atoms with Gasteiger partial charge in [0.05, 0.1) is 4.92 Å². The Morgan fingerprint density at radius 2 is 2.16 bits per heavy atom. The van der Waals surface area contributed by atoms with Crippen LogP contribution in [0.15, 0.2) is 12.1 Å². The summed E-state index contributed by atoms with van der Waals surface area (Å²) in [5, 5.41) is 16.8. The summed E-state index contributed by atoms with van der Waals surface area (Å²) in [5.41, 5.74) is -0.0562. The smallest absolute Gasteiger partial charge is 0.311 e. The van der Waals surface area contributed by atoms with Crippen molar-refractivity contribution in [2.75, 3.05) is 35.7 Å². The van der Waals surface area contributed by atoms with Crippen LogP contribution in [0.2, 0.25) is 0 Å². The third-order valence-electron chi connectivity index (χ3n) is 2.33. The van der Waals surface area contributed by atoms with E-state index in [1.54, 1.807) is 12.3 Å². The van der Waals surface area contributed by atoms with Crippen LogP contribution >= 0.6 is 0 Å². The summed E-state index contributed by atoms with van der Waals surface area (Å²) in [4.78, 5) is 14.6. The van der Waals surface area contributed by atoms with Gasteiger partial charge >= 0.3 is 5.69 Å². The standard InChI is InChI=1S/C11H18N4O3S/c1-3-12-10-6-5-9(15(16)17)11(14-10)13-7-4-8-19(2)18/h5-6H,3-4,7-8H2,1-2H3,(H2,12,13,14). The number of anilines is 2. The normalized spacial score (nSPS) is 11.9. The van der Waals surface area contributed by atoms with Crippen LogP contribution in [0.4, 0.5) is 17.3 Å². The topological polar surface area (TPSA) is 97.2 Å². The fourth-order valence-electron chi connectivity index (χ4n) is 1.49. The molecule has 0 bridgehead atoms. The van der Waals surface area contributed by atoms with Gasteiger partial charge in [-0.15, -0.1) is 0 Å². The summed E-state index contributed by atoms with van der Waals surface area (Å²) in [6.07, 6.45) is 2.31. The Morgan fingerprint density at radius 1 is 1.42 bits per heavy atom. The summed E-state index contributed by atoms with van der Waals surface area (Å²) in [6.45, 7) is 3.12. The Kier molecular flexibility index (Phi) is 6.20. The minimum Gasteiger partial charge on any atom is -0.370 e. The van der Waals surface area contributed by atoms with Gasteiger partial charge in [0.2, 0.25) is 5.82 Å². The first kappa shape index (κ1) is 15.4. The molecule has 8 heteroatoms. The lowest BCUT2D eigenvalue weighted by atomic mass is 10.3. The van der Waals surface area contributed by atoms with E-state index in [4.69, 9.17) is 0 Å². The zero-order valence-electron chi connectivity index (χ0n) is 11.0. The van der Waals surface area contributed by atoms with Gasteiger partial charge < -0.3 is 10.6 Å². The average molecular weight is 286 g/mol. The zero-order valence-corrected chi connectivity index (χ0v) is 11.8. The summed E-state index contributed by atoms with van der Waals surface area (Å²) in [5.74, 6) is 1.40. The van der Waals surface area contributed by atoms with E-state index >= 15 is 0 Å². The molecule has 0 radical (unpaired) electrons. The minimum atomic E-state index is -0.852. The van der Waals surface area contributed by atoms with Crippen molar-refractivity contribution >= 4 is 28.1 Å². The molecule has 0 aliphatic rings. The highest BCUT2D eigenvalue weighted by atomic mass is 32.2. The minimum absolute atomic E-state index is 0.0562. The second-order valence-electron chi connectivity index (χ2n) is 3.91. The van der Waals surface area contributed by atoms with Crippen LogP contribution in [-0.2, 0) is 10.8 Å². The van der Waals surface area contributed by atoms with Gasteiger partial charge in [0.1, 0.15) is 5.82 Å². The Morgan fingerprint density at radius 3 is 2.74 bits per heavy atom. The molecule has 19 heavy (non-hydrogen) atoms. The molecule has 1 unspecified atom stereocenters. The lowest BCUT2D eigenvalue weighted by molar-refractivity contribution is -0.384. The van der Waals surface area contributed by atoms with Crippen molar-refractivity contribution < 1.29 is 9.13 Å². The molecule has 1 aromatic rings. The van der Waals surface area contributed by atoms with Crippen LogP contribution in [0.25, 0.3) is 0 Å². The van der Waals surface area contributed by atoms with Crippen molar-refractivity contribution in [3.05, 3.63) is 22.2 Å². The Bertz CT molecular complexity index is 467. The summed E-state index contributed by atoms with van der Waals surface area (Å²) >= 11 is 0. The first-order valence-electron chi connectivity index (χ1n) is 5.97. The molecule has 1 atom stereocenters. The highest BCUT2D eigenvalue weighted by molar-refractivity contribution is 7.84. The maximum absolute atomic E-state index is 10.9. The number of nitrogens with zero attached hydrogens (tertiary/aromatic N) is 2. The van der Waals surface area contributed by atoms with E-state index in [-0.39, 0.29) is 11.5 Å². The van der Waals surface area contributed by atoms with Crippen LogP contribution in [0.5, 0.6) is 0 Å². The Labute approximate surface area is 114 Å². The van der Waals surface area contributed by atoms with Gasteiger partial charge in [-0.25, -0.2) is 4.98 Å². The average Bonchev–Trinajstić information content (AvgIpc) is 2.34. The summed E-state index contributed by atoms with van der Waals surface area (Å²) in [7, 11) is -0.852. The van der Waals surface area contributed by atoms with Gasteiger partial charge in [-0.2, -0.15) is 0 Å². The van der Waals surface area contributed by atoms with Gasteiger partial charge in [-0.1, -0.05) is 0 Å². The van der Waals surface area contributed by atoms with Crippen LogP contribution in [0, 0.1) is 10.1 Å². The molecule has 0 amide bonds. The van der Waals surface area contributed by atoms with Gasteiger partial charge in [0.15, 0.2) is 0 Å². The second-order valence-corrected chi connectivity index (χ2v) is 5.46. The maximum Gasteiger partial charge on any atom is 0.311 e. The number of nitrogens with one attached hydrogen (secondary N) is 2. The molecule has 0 saturated heterocycles. The molecule has 7 nitrogen and oxygen atoms in total. The van der Waals surface area contributed by atoms with Crippen molar-refractivity contribution in [3.63, 3.8) is 0 Å². The van der Waals surface area contributed by atoms with Crippen molar-refractivity contribution in [2.45, 2.75) is 13.3 Å². The van der Waals surface area contributed by atoms with Crippen molar-refractivity contribution in [3.8, 4) is 0 Å². The van der Waals surface area contributed by atoms with Crippen LogP contribution in [0.1, 0.15) is 13.3 Å². The third-order valence-corrected chi connectivity index (χ3v) is 3.19. The summed E-state index contributed by atoms with van der Waals surface area (Å²) < 4.78 is 10.9. The molecule has 0 aliphatic carbocycles.